The Labute approximate surface area is 174 Å². The molecule has 3 aromatic rings. The minimum atomic E-state index is -0.167. The molecule has 1 aliphatic heterocycles. The number of hydrogen-bond donors (Lipinski definition) is 2. The van der Waals surface area contributed by atoms with Crippen molar-refractivity contribution >= 4 is 17.7 Å². The number of rotatable bonds is 4. The largest absolute Gasteiger partial charge is 0.491 e. The van der Waals surface area contributed by atoms with Gasteiger partial charge in [0.2, 0.25) is 0 Å². The lowest BCUT2D eigenvalue weighted by Crippen LogP contribution is -2.32. The predicted octanol–water partition coefficient (Wildman–Crippen LogP) is 2.71. The molecule has 8 heteroatoms. The monoisotopic (exact) mass is 402 g/mol. The molecule has 1 aromatic carbocycles. The molecule has 3 N–H and O–H groups in total. The number of carbonyl (C=O) groups is 1. The van der Waals surface area contributed by atoms with Gasteiger partial charge in [-0.25, -0.2) is 4.98 Å². The van der Waals surface area contributed by atoms with Crippen LogP contribution in [0.2, 0.25) is 0 Å². The van der Waals surface area contributed by atoms with Crippen LogP contribution < -0.4 is 15.8 Å². The van der Waals surface area contributed by atoms with Crippen LogP contribution in [0.4, 0.5) is 5.82 Å². The van der Waals surface area contributed by atoms with Gasteiger partial charge in [-0.05, 0) is 41.5 Å². The lowest BCUT2D eigenvalue weighted by Gasteiger charge is -2.23. The molecule has 8 nitrogen and oxygen atoms in total. The topological polar surface area (TPSA) is 106 Å². The molecule has 1 unspecified atom stereocenters. The van der Waals surface area contributed by atoms with Crippen molar-refractivity contribution in [3.05, 3.63) is 72.2 Å². The first-order chi connectivity index (χ1) is 14.6. The number of pyridine rings is 2. The number of anilines is 1. The number of fused-ring (bicyclic) bond motifs is 1. The maximum absolute atomic E-state index is 13.0. The summed E-state index contributed by atoms with van der Waals surface area (Å²) in [6, 6.07) is 13.2. The number of carbonyl (C=O) groups excluding carboxylic acids is 1. The number of aliphatic imine (C=N–C) groups is 1. The summed E-state index contributed by atoms with van der Waals surface area (Å²) >= 11 is 0. The molecule has 0 fully saturated rings. The number of nitrogens with zero attached hydrogens (tertiary/aromatic N) is 4. The molecule has 3 heterocycles. The summed E-state index contributed by atoms with van der Waals surface area (Å²) in [4.78, 5) is 26.8. The number of nitrogens with two attached hydrogens (primary N) is 1. The van der Waals surface area contributed by atoms with Gasteiger partial charge in [0.15, 0.2) is 5.96 Å². The van der Waals surface area contributed by atoms with Crippen LogP contribution in [0, 0.1) is 0 Å². The van der Waals surface area contributed by atoms with E-state index >= 15 is 0 Å². The molecule has 1 atom stereocenters. The summed E-state index contributed by atoms with van der Waals surface area (Å²) in [7, 11) is 3.35. The molecule has 2 aromatic heterocycles. The standard InChI is InChI=1S/C22H22N6O2/c1-24-22(23)27-20-6-4-16(12-26-20)21(29)28(2)18-13-30-19-11-15(3-5-17(18)19)14-7-9-25-10-8-14/h3-12,18H,13H2,1-2H3,(H3,23,24,26,27). The average molecular weight is 402 g/mol. The van der Waals surface area contributed by atoms with Gasteiger partial charge in [-0.2, -0.15) is 0 Å². The Morgan fingerprint density at radius 2 is 2.00 bits per heavy atom. The van der Waals surface area contributed by atoms with Crippen LogP contribution in [-0.2, 0) is 0 Å². The van der Waals surface area contributed by atoms with Crippen LogP contribution in [-0.4, -0.2) is 47.4 Å². The van der Waals surface area contributed by atoms with E-state index in [-0.39, 0.29) is 17.9 Å². The van der Waals surface area contributed by atoms with E-state index in [2.05, 4.69) is 20.3 Å². The third-order valence-electron chi connectivity index (χ3n) is 5.08. The van der Waals surface area contributed by atoms with E-state index in [0.717, 1.165) is 22.4 Å². The van der Waals surface area contributed by atoms with Gasteiger partial charge in [0.05, 0.1) is 11.6 Å². The molecular formula is C22H22N6O2. The Bertz CT molecular complexity index is 1080. The second-order valence-corrected chi connectivity index (χ2v) is 6.90. The minimum Gasteiger partial charge on any atom is -0.491 e. The molecule has 0 saturated heterocycles. The summed E-state index contributed by atoms with van der Waals surface area (Å²) in [5.41, 5.74) is 9.22. The minimum absolute atomic E-state index is 0.133. The molecule has 1 amide bonds. The van der Waals surface area contributed by atoms with Gasteiger partial charge in [0.25, 0.3) is 5.91 Å². The first-order valence-corrected chi connectivity index (χ1v) is 9.46. The Morgan fingerprint density at radius 1 is 1.20 bits per heavy atom. The Balaban J connectivity index is 1.51. The lowest BCUT2D eigenvalue weighted by molar-refractivity contribution is 0.0708. The number of amides is 1. The Morgan fingerprint density at radius 3 is 2.70 bits per heavy atom. The van der Waals surface area contributed by atoms with Crippen molar-refractivity contribution in [2.24, 2.45) is 10.7 Å². The zero-order valence-electron chi connectivity index (χ0n) is 16.7. The summed E-state index contributed by atoms with van der Waals surface area (Å²) in [5.74, 6) is 1.44. The quantitative estimate of drug-likeness (QED) is 0.513. The summed E-state index contributed by atoms with van der Waals surface area (Å²) in [6.07, 6.45) is 5.04. The Hall–Kier alpha value is -3.94. The van der Waals surface area contributed by atoms with Gasteiger partial charge in [-0.15, -0.1) is 0 Å². The molecule has 152 valence electrons. The summed E-state index contributed by atoms with van der Waals surface area (Å²) in [5, 5.41) is 2.84. The maximum Gasteiger partial charge on any atom is 0.255 e. The number of benzene rings is 1. The highest BCUT2D eigenvalue weighted by Gasteiger charge is 2.31. The molecule has 1 aliphatic rings. The highest BCUT2D eigenvalue weighted by atomic mass is 16.5. The molecular weight excluding hydrogens is 380 g/mol. The fourth-order valence-electron chi connectivity index (χ4n) is 3.36. The van der Waals surface area contributed by atoms with Gasteiger partial charge in [-0.3, -0.25) is 14.8 Å². The van der Waals surface area contributed by atoms with Gasteiger partial charge in [-0.1, -0.05) is 12.1 Å². The fraction of sp³-hybridized carbons (Fsp3) is 0.182. The molecule has 0 spiro atoms. The number of nitrogens with one attached hydrogen (secondary N) is 1. The van der Waals surface area contributed by atoms with Crippen LogP contribution in [0.15, 0.2) is 66.0 Å². The van der Waals surface area contributed by atoms with E-state index in [1.807, 2.05) is 30.3 Å². The highest BCUT2D eigenvalue weighted by molar-refractivity contribution is 5.95. The number of guanidine groups is 1. The normalized spacial score (nSPS) is 15.3. The lowest BCUT2D eigenvalue weighted by atomic mass is 10.0. The van der Waals surface area contributed by atoms with Crippen LogP contribution in [0.3, 0.4) is 0 Å². The second kappa shape index (κ2) is 8.20. The molecule has 0 aliphatic carbocycles. The Kier molecular flexibility index (Phi) is 5.30. The maximum atomic E-state index is 13.0. The number of aromatic nitrogens is 2. The van der Waals surface area contributed by atoms with Crippen LogP contribution in [0.1, 0.15) is 22.0 Å². The van der Waals surface area contributed by atoms with E-state index in [0.29, 0.717) is 18.0 Å². The van der Waals surface area contributed by atoms with Crippen LogP contribution in [0.5, 0.6) is 5.75 Å². The van der Waals surface area contributed by atoms with Gasteiger partial charge in [0, 0.05) is 38.2 Å². The second-order valence-electron chi connectivity index (χ2n) is 6.90. The van der Waals surface area contributed by atoms with Gasteiger partial charge in [0.1, 0.15) is 18.2 Å². The fourth-order valence-corrected chi connectivity index (χ4v) is 3.36. The van der Waals surface area contributed by atoms with Crippen molar-refractivity contribution < 1.29 is 9.53 Å². The predicted molar refractivity (Wildman–Crippen MR) is 115 cm³/mol. The molecule has 0 radical (unpaired) electrons. The van der Waals surface area contributed by atoms with Gasteiger partial charge >= 0.3 is 0 Å². The number of hydrogen-bond acceptors (Lipinski definition) is 5. The zero-order chi connectivity index (χ0) is 21.1. The van der Waals surface area contributed by atoms with Crippen LogP contribution in [0.25, 0.3) is 11.1 Å². The van der Waals surface area contributed by atoms with Crippen molar-refractivity contribution in [2.45, 2.75) is 6.04 Å². The van der Waals surface area contributed by atoms with Crippen molar-refractivity contribution in [1.29, 1.82) is 0 Å². The highest BCUT2D eigenvalue weighted by Crippen LogP contribution is 2.38. The SMILES string of the molecule is CN=C(N)Nc1ccc(C(=O)N(C)C2COc3cc(-c4ccncc4)ccc32)cn1. The summed E-state index contributed by atoms with van der Waals surface area (Å²) < 4.78 is 5.89. The van der Waals surface area contributed by atoms with Crippen LogP contribution >= 0.6 is 0 Å². The molecule has 30 heavy (non-hydrogen) atoms. The average Bonchev–Trinajstić information content (AvgIpc) is 3.22. The zero-order valence-corrected chi connectivity index (χ0v) is 16.7. The van der Waals surface area contributed by atoms with E-state index in [4.69, 9.17) is 10.5 Å². The third kappa shape index (κ3) is 3.80. The van der Waals surface area contributed by atoms with E-state index in [1.54, 1.807) is 43.5 Å². The van der Waals surface area contributed by atoms with Gasteiger partial charge < -0.3 is 20.7 Å². The summed E-state index contributed by atoms with van der Waals surface area (Å²) in [6.45, 7) is 0.411. The first-order valence-electron chi connectivity index (χ1n) is 9.46. The number of likely N-dealkylation sites (N-methyl/N-ethyl adjacent to an activating group) is 1. The third-order valence-corrected chi connectivity index (χ3v) is 5.08. The van der Waals surface area contributed by atoms with Crippen molar-refractivity contribution in [3.63, 3.8) is 0 Å². The van der Waals surface area contributed by atoms with Crippen molar-refractivity contribution in [2.75, 3.05) is 26.0 Å². The van der Waals surface area contributed by atoms with E-state index in [9.17, 15) is 4.79 Å². The smallest absolute Gasteiger partial charge is 0.255 e. The van der Waals surface area contributed by atoms with Crippen molar-refractivity contribution in [1.82, 2.24) is 14.9 Å². The van der Waals surface area contributed by atoms with E-state index < -0.39 is 0 Å². The molecule has 0 saturated carbocycles. The molecule has 0 bridgehead atoms. The first kappa shape index (κ1) is 19.4. The van der Waals surface area contributed by atoms with Crippen molar-refractivity contribution in [3.8, 4) is 16.9 Å². The number of ether oxygens (including phenoxy) is 1. The van der Waals surface area contributed by atoms with E-state index in [1.165, 1.54) is 6.20 Å². The molecule has 4 rings (SSSR count).